The highest BCUT2D eigenvalue weighted by Crippen LogP contribution is 2.19. The molecule has 0 saturated heterocycles. The molecule has 0 radical (unpaired) electrons. The number of hydrogen-bond acceptors (Lipinski definition) is 3. The summed E-state index contributed by atoms with van der Waals surface area (Å²) in [7, 11) is 1.76. The molecule has 5 nitrogen and oxygen atoms in total. The van der Waals surface area contributed by atoms with Gasteiger partial charge in [-0.3, -0.25) is 9.48 Å². The number of aromatic nitrogens is 2. The Labute approximate surface area is 132 Å². The van der Waals surface area contributed by atoms with Gasteiger partial charge in [-0.1, -0.05) is 0 Å². The fourth-order valence-electron chi connectivity index (χ4n) is 1.57. The third-order valence-corrected chi connectivity index (χ3v) is 4.04. The van der Waals surface area contributed by atoms with E-state index >= 15 is 0 Å². The molecule has 0 saturated carbocycles. The van der Waals surface area contributed by atoms with Crippen LogP contribution in [0.15, 0.2) is 28.9 Å². The van der Waals surface area contributed by atoms with Gasteiger partial charge in [-0.15, -0.1) is 0 Å². The van der Waals surface area contributed by atoms with Crippen molar-refractivity contribution in [2.45, 2.75) is 6.54 Å². The second-order valence-electron chi connectivity index (χ2n) is 3.99. The van der Waals surface area contributed by atoms with Crippen LogP contribution in [0.2, 0.25) is 0 Å². The van der Waals surface area contributed by atoms with Crippen LogP contribution in [0, 0.1) is 3.57 Å². The van der Waals surface area contributed by atoms with Crippen LogP contribution in [0.4, 0.5) is 5.82 Å². The van der Waals surface area contributed by atoms with Crippen molar-refractivity contribution in [3.8, 4) is 0 Å². The van der Waals surface area contributed by atoms with Crippen molar-refractivity contribution in [2.24, 2.45) is 7.05 Å². The quantitative estimate of drug-likeness (QED) is 0.728. The third-order valence-electron chi connectivity index (χ3n) is 2.68. The lowest BCUT2D eigenvalue weighted by atomic mass is 10.2. The Balaban J connectivity index is 2.09. The lowest BCUT2D eigenvalue weighted by Gasteiger charge is -2.07. The number of halogens is 2. The molecule has 2 aromatic rings. The second-order valence-corrected chi connectivity index (χ2v) is 6.09. The largest absolute Gasteiger partial charge is 0.384 e. The molecule has 1 aromatic carbocycles. The number of nitrogen functional groups attached to an aromatic ring is 1. The van der Waals surface area contributed by atoms with Crippen LogP contribution >= 0.6 is 38.5 Å². The summed E-state index contributed by atoms with van der Waals surface area (Å²) in [6.45, 7) is 0.358. The molecule has 1 amide bonds. The van der Waals surface area contributed by atoms with Gasteiger partial charge in [0.15, 0.2) is 0 Å². The highest BCUT2D eigenvalue weighted by Gasteiger charge is 2.12. The molecule has 2 rings (SSSR count). The predicted molar refractivity (Wildman–Crippen MR) is 85.6 cm³/mol. The Morgan fingerprint density at radius 3 is 2.95 bits per heavy atom. The summed E-state index contributed by atoms with van der Waals surface area (Å²) in [5.41, 5.74) is 7.23. The Kier molecular flexibility index (Phi) is 4.46. The van der Waals surface area contributed by atoms with E-state index in [1.54, 1.807) is 17.9 Å². The Morgan fingerprint density at radius 1 is 1.58 bits per heavy atom. The van der Waals surface area contributed by atoms with Gasteiger partial charge in [0.1, 0.15) is 5.82 Å². The minimum atomic E-state index is -0.145. The molecule has 0 unspecified atom stereocenters. The molecule has 0 spiro atoms. The molecule has 0 atom stereocenters. The van der Waals surface area contributed by atoms with E-state index in [0.29, 0.717) is 17.9 Å². The fraction of sp³-hybridized carbons (Fsp3) is 0.167. The normalized spacial score (nSPS) is 10.5. The first-order chi connectivity index (χ1) is 8.99. The smallest absolute Gasteiger partial charge is 0.252 e. The fourth-order valence-corrected chi connectivity index (χ4v) is 2.49. The van der Waals surface area contributed by atoms with Gasteiger partial charge in [0.25, 0.3) is 5.91 Å². The zero-order valence-corrected chi connectivity index (χ0v) is 13.9. The van der Waals surface area contributed by atoms with Gasteiger partial charge < -0.3 is 11.1 Å². The minimum absolute atomic E-state index is 0.145. The zero-order chi connectivity index (χ0) is 14.0. The van der Waals surface area contributed by atoms with Crippen molar-refractivity contribution in [1.82, 2.24) is 15.1 Å². The van der Waals surface area contributed by atoms with Crippen LogP contribution in [-0.4, -0.2) is 15.7 Å². The highest BCUT2D eigenvalue weighted by molar-refractivity contribution is 14.1. The molecule has 100 valence electrons. The summed E-state index contributed by atoms with van der Waals surface area (Å²) < 4.78 is 3.35. The average molecular weight is 435 g/mol. The third kappa shape index (κ3) is 3.27. The van der Waals surface area contributed by atoms with Crippen LogP contribution in [-0.2, 0) is 13.6 Å². The van der Waals surface area contributed by atoms with E-state index in [2.05, 4.69) is 48.9 Å². The summed E-state index contributed by atoms with van der Waals surface area (Å²) in [5, 5.41) is 6.86. The molecular formula is C12H12BrIN4O. The highest BCUT2D eigenvalue weighted by atomic mass is 127. The van der Waals surface area contributed by atoms with E-state index in [-0.39, 0.29) is 5.91 Å². The number of nitrogens with one attached hydrogen (secondary N) is 1. The van der Waals surface area contributed by atoms with Crippen molar-refractivity contribution in [2.75, 3.05) is 5.73 Å². The predicted octanol–water partition coefficient (Wildman–Crippen LogP) is 2.30. The Hall–Kier alpha value is -1.09. The van der Waals surface area contributed by atoms with Crippen LogP contribution in [0.25, 0.3) is 0 Å². The van der Waals surface area contributed by atoms with E-state index in [9.17, 15) is 4.79 Å². The van der Waals surface area contributed by atoms with Gasteiger partial charge in [0.05, 0.1) is 11.8 Å². The van der Waals surface area contributed by atoms with Gasteiger partial charge >= 0.3 is 0 Å². The number of rotatable bonds is 3. The molecule has 0 fully saturated rings. The van der Waals surface area contributed by atoms with Crippen LogP contribution in [0.1, 0.15) is 15.9 Å². The molecule has 0 aliphatic heterocycles. The average Bonchev–Trinajstić information content (AvgIpc) is 2.70. The van der Waals surface area contributed by atoms with Crippen molar-refractivity contribution >= 4 is 50.2 Å². The molecule has 7 heteroatoms. The molecular weight excluding hydrogens is 423 g/mol. The standard InChI is InChI=1S/C12H12BrIN4O/c1-18-11(15)7(6-17-18)5-16-12(19)9-4-8(14)2-3-10(9)13/h2-4,6H,5,15H2,1H3,(H,16,19). The first kappa shape index (κ1) is 14.3. The molecule has 19 heavy (non-hydrogen) atoms. The maximum Gasteiger partial charge on any atom is 0.252 e. The topological polar surface area (TPSA) is 72.9 Å². The number of benzene rings is 1. The summed E-state index contributed by atoms with van der Waals surface area (Å²) in [5.74, 6) is 0.413. The van der Waals surface area contributed by atoms with Gasteiger partial charge in [-0.25, -0.2) is 0 Å². The van der Waals surface area contributed by atoms with Crippen LogP contribution in [0.5, 0.6) is 0 Å². The van der Waals surface area contributed by atoms with E-state index in [1.165, 1.54) is 0 Å². The number of nitrogens with zero attached hydrogens (tertiary/aromatic N) is 2. The maximum atomic E-state index is 12.1. The Morgan fingerprint density at radius 2 is 2.32 bits per heavy atom. The number of aryl methyl sites for hydroxylation is 1. The van der Waals surface area contributed by atoms with Gasteiger partial charge in [-0.2, -0.15) is 5.10 Å². The number of hydrogen-bond donors (Lipinski definition) is 2. The van der Waals surface area contributed by atoms with Crippen molar-refractivity contribution in [1.29, 1.82) is 0 Å². The first-order valence-electron chi connectivity index (χ1n) is 5.48. The SMILES string of the molecule is Cn1ncc(CNC(=O)c2cc(I)ccc2Br)c1N. The Bertz CT molecular complexity index is 626. The summed E-state index contributed by atoms with van der Waals surface area (Å²) in [6.07, 6.45) is 1.65. The van der Waals surface area contributed by atoms with Gasteiger partial charge in [0, 0.05) is 27.2 Å². The molecule has 0 aliphatic carbocycles. The number of carbonyl (C=O) groups is 1. The van der Waals surface area contributed by atoms with Crippen LogP contribution in [0.3, 0.4) is 0 Å². The van der Waals surface area contributed by atoms with E-state index < -0.39 is 0 Å². The van der Waals surface area contributed by atoms with E-state index in [0.717, 1.165) is 13.6 Å². The lowest BCUT2D eigenvalue weighted by Crippen LogP contribution is -2.23. The van der Waals surface area contributed by atoms with Crippen molar-refractivity contribution < 1.29 is 4.79 Å². The first-order valence-corrected chi connectivity index (χ1v) is 7.36. The number of carbonyl (C=O) groups excluding carboxylic acids is 1. The summed E-state index contributed by atoms with van der Waals surface area (Å²) in [4.78, 5) is 12.1. The van der Waals surface area contributed by atoms with Gasteiger partial charge in [-0.05, 0) is 56.7 Å². The number of amides is 1. The number of nitrogens with two attached hydrogens (primary N) is 1. The second kappa shape index (κ2) is 5.91. The monoisotopic (exact) mass is 434 g/mol. The lowest BCUT2D eigenvalue weighted by molar-refractivity contribution is 0.0950. The number of anilines is 1. The van der Waals surface area contributed by atoms with Gasteiger partial charge in [0.2, 0.25) is 0 Å². The molecule has 3 N–H and O–H groups in total. The molecule has 1 aromatic heterocycles. The van der Waals surface area contributed by atoms with Crippen LogP contribution < -0.4 is 11.1 Å². The molecule has 1 heterocycles. The summed E-state index contributed by atoms with van der Waals surface area (Å²) >= 11 is 5.54. The summed E-state index contributed by atoms with van der Waals surface area (Å²) in [6, 6.07) is 5.61. The molecule has 0 aliphatic rings. The van der Waals surface area contributed by atoms with Crippen molar-refractivity contribution in [3.63, 3.8) is 0 Å². The van der Waals surface area contributed by atoms with E-state index in [1.807, 2.05) is 18.2 Å². The zero-order valence-electron chi connectivity index (χ0n) is 10.2. The molecule has 0 bridgehead atoms. The maximum absolute atomic E-state index is 12.1. The minimum Gasteiger partial charge on any atom is -0.384 e. The van der Waals surface area contributed by atoms with Crippen molar-refractivity contribution in [3.05, 3.63) is 43.6 Å². The van der Waals surface area contributed by atoms with E-state index in [4.69, 9.17) is 5.73 Å².